The molecule has 0 saturated carbocycles. The number of ether oxygens (including phenoxy) is 1. The van der Waals surface area contributed by atoms with Crippen molar-refractivity contribution in [1.29, 1.82) is 0 Å². The van der Waals surface area contributed by atoms with Gasteiger partial charge < -0.3 is 9.84 Å². The molecule has 124 valence electrons. The van der Waals surface area contributed by atoms with Crippen molar-refractivity contribution in [3.8, 4) is 11.5 Å². The van der Waals surface area contributed by atoms with Crippen molar-refractivity contribution in [2.75, 3.05) is 14.2 Å². The van der Waals surface area contributed by atoms with E-state index in [4.69, 9.17) is 4.74 Å². The molecule has 24 heavy (non-hydrogen) atoms. The monoisotopic (exact) mass is 321 g/mol. The average Bonchev–Trinajstić information content (AvgIpc) is 2.63. The molecule has 0 radical (unpaired) electrons. The van der Waals surface area contributed by atoms with Gasteiger partial charge in [0.2, 0.25) is 0 Å². The summed E-state index contributed by atoms with van der Waals surface area (Å²) in [6.07, 6.45) is 0. The van der Waals surface area contributed by atoms with E-state index in [1.807, 2.05) is 30.3 Å². The first-order valence-electron chi connectivity index (χ1n) is 8.14. The second-order valence-corrected chi connectivity index (χ2v) is 6.15. The Morgan fingerprint density at radius 1 is 1.04 bits per heavy atom. The minimum absolute atomic E-state index is 0.256. The summed E-state index contributed by atoms with van der Waals surface area (Å²) in [5, 5.41) is 12.5. The van der Waals surface area contributed by atoms with Gasteiger partial charge in [0.1, 0.15) is 11.5 Å². The molecule has 3 aromatic rings. The lowest BCUT2D eigenvalue weighted by molar-refractivity contribution is 0.251. The molecule has 1 atom stereocenters. The largest absolute Gasteiger partial charge is 0.508 e. The number of phenols is 1. The first-order valence-corrected chi connectivity index (χ1v) is 8.14. The molecule has 3 aromatic carbocycles. The molecular weight excluding hydrogens is 298 g/mol. The molecule has 0 bridgehead atoms. The van der Waals surface area contributed by atoms with Crippen molar-refractivity contribution < 1.29 is 9.84 Å². The average molecular weight is 321 g/mol. The van der Waals surface area contributed by atoms with Crippen LogP contribution in [0, 0.1) is 0 Å². The van der Waals surface area contributed by atoms with Gasteiger partial charge in [0, 0.05) is 18.2 Å². The first kappa shape index (κ1) is 16.3. The minimum Gasteiger partial charge on any atom is -0.508 e. The highest BCUT2D eigenvalue weighted by Crippen LogP contribution is 2.32. The SMILES string of the molecule is COc1ccc2ccc(O)c(CN(C)[C@@H](C)c3ccccc3)c2c1. The highest BCUT2D eigenvalue weighted by atomic mass is 16.5. The molecule has 0 saturated heterocycles. The zero-order valence-corrected chi connectivity index (χ0v) is 14.4. The molecule has 0 aliphatic heterocycles. The molecular formula is C21H23NO2. The van der Waals surface area contributed by atoms with Crippen LogP contribution in [0.25, 0.3) is 10.8 Å². The molecule has 0 aromatic heterocycles. The van der Waals surface area contributed by atoms with Gasteiger partial charge in [-0.3, -0.25) is 4.90 Å². The summed E-state index contributed by atoms with van der Waals surface area (Å²) in [6.45, 7) is 2.84. The molecule has 0 heterocycles. The molecule has 3 heteroatoms. The number of aromatic hydroxyl groups is 1. The topological polar surface area (TPSA) is 32.7 Å². The minimum atomic E-state index is 0.256. The second kappa shape index (κ2) is 6.93. The Labute approximate surface area is 143 Å². The predicted molar refractivity (Wildman–Crippen MR) is 98.5 cm³/mol. The quantitative estimate of drug-likeness (QED) is 0.736. The van der Waals surface area contributed by atoms with Crippen LogP contribution in [0.5, 0.6) is 11.5 Å². The molecule has 0 fully saturated rings. The number of methoxy groups -OCH3 is 1. The molecule has 3 rings (SSSR count). The highest BCUT2D eigenvalue weighted by molar-refractivity contribution is 5.88. The lowest BCUT2D eigenvalue weighted by atomic mass is 10.0. The summed E-state index contributed by atoms with van der Waals surface area (Å²) in [7, 11) is 3.74. The Balaban J connectivity index is 1.95. The lowest BCUT2D eigenvalue weighted by Crippen LogP contribution is -2.22. The number of hydrogen-bond donors (Lipinski definition) is 1. The fourth-order valence-corrected chi connectivity index (χ4v) is 3.01. The van der Waals surface area contributed by atoms with Crippen LogP contribution < -0.4 is 4.74 Å². The van der Waals surface area contributed by atoms with E-state index >= 15 is 0 Å². The Kier molecular flexibility index (Phi) is 4.72. The molecule has 0 amide bonds. The summed E-state index contributed by atoms with van der Waals surface area (Å²) in [5.74, 6) is 1.12. The van der Waals surface area contributed by atoms with Crippen LogP contribution in [0.15, 0.2) is 60.7 Å². The maximum Gasteiger partial charge on any atom is 0.120 e. The molecule has 0 unspecified atom stereocenters. The fourth-order valence-electron chi connectivity index (χ4n) is 3.01. The molecule has 0 aliphatic rings. The van der Waals surface area contributed by atoms with Gasteiger partial charge in [-0.2, -0.15) is 0 Å². The molecule has 0 aliphatic carbocycles. The van der Waals surface area contributed by atoms with Crippen molar-refractivity contribution in [2.45, 2.75) is 19.5 Å². The Bertz CT molecular complexity index is 830. The van der Waals surface area contributed by atoms with Crippen LogP contribution in [-0.4, -0.2) is 24.2 Å². The Hall–Kier alpha value is -2.52. The third kappa shape index (κ3) is 3.22. The number of nitrogens with zero attached hydrogens (tertiary/aromatic N) is 1. The highest BCUT2D eigenvalue weighted by Gasteiger charge is 2.16. The fraction of sp³-hybridized carbons (Fsp3) is 0.238. The van der Waals surface area contributed by atoms with E-state index in [2.05, 4.69) is 43.1 Å². The van der Waals surface area contributed by atoms with E-state index in [9.17, 15) is 5.11 Å². The summed E-state index contributed by atoms with van der Waals surface area (Å²) in [4.78, 5) is 2.24. The van der Waals surface area contributed by atoms with Crippen molar-refractivity contribution in [2.24, 2.45) is 0 Å². The van der Waals surface area contributed by atoms with E-state index in [1.54, 1.807) is 13.2 Å². The van der Waals surface area contributed by atoms with Gasteiger partial charge in [-0.15, -0.1) is 0 Å². The van der Waals surface area contributed by atoms with Crippen LogP contribution in [0.3, 0.4) is 0 Å². The third-order valence-electron chi connectivity index (χ3n) is 4.67. The van der Waals surface area contributed by atoms with E-state index in [1.165, 1.54) is 5.56 Å². The Morgan fingerprint density at radius 3 is 2.46 bits per heavy atom. The number of benzene rings is 3. The van der Waals surface area contributed by atoms with Crippen molar-refractivity contribution in [3.05, 3.63) is 71.8 Å². The van der Waals surface area contributed by atoms with Gasteiger partial charge in [0.25, 0.3) is 0 Å². The standard InChI is InChI=1S/C21H23NO2/c1-15(16-7-5-4-6-8-16)22(2)14-20-19-13-18(24-3)11-9-17(19)10-12-21(20)23/h4-13,15,23H,14H2,1-3H3/t15-/m0/s1. The van der Waals surface area contributed by atoms with Gasteiger partial charge in [-0.05, 0) is 48.5 Å². The number of rotatable bonds is 5. The van der Waals surface area contributed by atoms with Crippen LogP contribution in [0.4, 0.5) is 0 Å². The number of hydrogen-bond acceptors (Lipinski definition) is 3. The smallest absolute Gasteiger partial charge is 0.120 e. The third-order valence-corrected chi connectivity index (χ3v) is 4.67. The van der Waals surface area contributed by atoms with E-state index in [0.29, 0.717) is 12.3 Å². The number of fused-ring (bicyclic) bond motifs is 1. The van der Waals surface area contributed by atoms with Gasteiger partial charge in [0.05, 0.1) is 7.11 Å². The van der Waals surface area contributed by atoms with Crippen molar-refractivity contribution in [1.82, 2.24) is 4.90 Å². The number of phenolic OH excluding ortho intramolecular Hbond substituents is 1. The van der Waals surface area contributed by atoms with E-state index < -0.39 is 0 Å². The first-order chi connectivity index (χ1) is 11.6. The Morgan fingerprint density at radius 2 is 1.75 bits per heavy atom. The van der Waals surface area contributed by atoms with Gasteiger partial charge in [-0.25, -0.2) is 0 Å². The van der Waals surface area contributed by atoms with E-state index in [-0.39, 0.29) is 6.04 Å². The lowest BCUT2D eigenvalue weighted by Gasteiger charge is -2.26. The van der Waals surface area contributed by atoms with Gasteiger partial charge in [0.15, 0.2) is 0 Å². The zero-order valence-electron chi connectivity index (χ0n) is 14.4. The summed E-state index contributed by atoms with van der Waals surface area (Å²) < 4.78 is 5.34. The van der Waals surface area contributed by atoms with Crippen molar-refractivity contribution in [3.63, 3.8) is 0 Å². The molecule has 1 N–H and O–H groups in total. The van der Waals surface area contributed by atoms with Crippen LogP contribution in [0.2, 0.25) is 0 Å². The molecule has 0 spiro atoms. The molecule has 3 nitrogen and oxygen atoms in total. The normalized spacial score (nSPS) is 12.5. The summed E-state index contributed by atoms with van der Waals surface area (Å²) >= 11 is 0. The summed E-state index contributed by atoms with van der Waals surface area (Å²) in [5.41, 5.74) is 2.19. The second-order valence-electron chi connectivity index (χ2n) is 6.15. The maximum absolute atomic E-state index is 10.4. The van der Waals surface area contributed by atoms with Crippen LogP contribution >= 0.6 is 0 Å². The maximum atomic E-state index is 10.4. The predicted octanol–water partition coefficient (Wildman–Crippen LogP) is 4.75. The van der Waals surface area contributed by atoms with Crippen molar-refractivity contribution >= 4 is 10.8 Å². The summed E-state index contributed by atoms with van der Waals surface area (Å²) in [6, 6.07) is 20.3. The van der Waals surface area contributed by atoms with Gasteiger partial charge in [-0.1, -0.05) is 42.5 Å². The van der Waals surface area contributed by atoms with Crippen LogP contribution in [0.1, 0.15) is 24.1 Å². The van der Waals surface area contributed by atoms with Crippen LogP contribution in [-0.2, 0) is 6.54 Å². The van der Waals surface area contributed by atoms with E-state index in [0.717, 1.165) is 22.1 Å². The van der Waals surface area contributed by atoms with Gasteiger partial charge >= 0.3 is 0 Å². The zero-order chi connectivity index (χ0) is 17.1.